The highest BCUT2D eigenvalue weighted by Crippen LogP contribution is 2.21. The van der Waals surface area contributed by atoms with E-state index in [1.165, 1.54) is 0 Å². The normalized spacial score (nSPS) is 14.2. The van der Waals surface area contributed by atoms with Crippen LogP contribution in [-0.2, 0) is 0 Å². The number of amides is 1. The van der Waals surface area contributed by atoms with Gasteiger partial charge in [0.2, 0.25) is 0 Å². The zero-order valence-electron chi connectivity index (χ0n) is 10.4. The minimum Gasteiger partial charge on any atom is -0.394 e. The zero-order chi connectivity index (χ0) is 13.1. The van der Waals surface area contributed by atoms with Gasteiger partial charge in [0.15, 0.2) is 0 Å². The van der Waals surface area contributed by atoms with Crippen molar-refractivity contribution >= 4 is 17.5 Å². The van der Waals surface area contributed by atoms with Crippen molar-refractivity contribution in [2.75, 3.05) is 6.61 Å². The third kappa shape index (κ3) is 3.20. The number of rotatable bonds is 4. The van der Waals surface area contributed by atoms with Gasteiger partial charge < -0.3 is 10.4 Å². The summed E-state index contributed by atoms with van der Waals surface area (Å²) in [6, 6.07) is 5.32. The van der Waals surface area contributed by atoms with Gasteiger partial charge in [0.25, 0.3) is 5.91 Å². The Labute approximate surface area is 107 Å². The molecular weight excluding hydrogens is 238 g/mol. The minimum atomic E-state index is -0.607. The maximum Gasteiger partial charge on any atom is 0.253 e. The average Bonchev–Trinajstić information content (AvgIpc) is 2.32. The van der Waals surface area contributed by atoms with Gasteiger partial charge in [-0.1, -0.05) is 30.7 Å². The molecule has 0 saturated heterocycles. The molecule has 0 aliphatic rings. The molecule has 3 nitrogen and oxygen atoms in total. The summed E-state index contributed by atoms with van der Waals surface area (Å²) >= 11 is 6.08. The zero-order valence-corrected chi connectivity index (χ0v) is 11.1. The van der Waals surface area contributed by atoms with E-state index < -0.39 is 5.54 Å². The van der Waals surface area contributed by atoms with Crippen molar-refractivity contribution in [3.8, 4) is 0 Å². The summed E-state index contributed by atoms with van der Waals surface area (Å²) in [5, 5.41) is 12.5. The number of hydrogen-bond acceptors (Lipinski definition) is 2. The van der Waals surface area contributed by atoms with Crippen molar-refractivity contribution in [2.45, 2.75) is 32.7 Å². The second-order valence-corrected chi connectivity index (χ2v) is 4.84. The quantitative estimate of drug-likeness (QED) is 0.869. The van der Waals surface area contributed by atoms with Gasteiger partial charge in [-0.15, -0.1) is 0 Å². The van der Waals surface area contributed by atoms with Crippen LogP contribution in [0.3, 0.4) is 0 Å². The molecule has 0 aromatic heterocycles. The summed E-state index contributed by atoms with van der Waals surface area (Å²) in [5.74, 6) is -0.253. The third-order valence-electron chi connectivity index (χ3n) is 2.98. The fraction of sp³-hybridized carbons (Fsp3) is 0.462. The smallest absolute Gasteiger partial charge is 0.253 e. The molecule has 0 aliphatic carbocycles. The third-order valence-corrected chi connectivity index (χ3v) is 3.48. The number of aliphatic hydroxyl groups excluding tert-OH is 1. The lowest BCUT2D eigenvalue weighted by molar-refractivity contribution is 0.0847. The Morgan fingerprint density at radius 3 is 2.71 bits per heavy atom. The Balaban J connectivity index is 2.94. The van der Waals surface area contributed by atoms with E-state index >= 15 is 0 Å². The maximum atomic E-state index is 12.0. The molecule has 4 heteroatoms. The molecule has 0 saturated carbocycles. The number of aryl methyl sites for hydroxylation is 1. The minimum absolute atomic E-state index is 0.0985. The number of hydrogen-bond donors (Lipinski definition) is 2. The number of carbonyl (C=O) groups is 1. The van der Waals surface area contributed by atoms with Crippen LogP contribution in [0.25, 0.3) is 0 Å². The first-order valence-corrected chi connectivity index (χ1v) is 6.00. The molecule has 0 spiro atoms. The predicted octanol–water partition coefficient (Wildman–Crippen LogP) is 2.54. The van der Waals surface area contributed by atoms with Crippen LogP contribution in [0.2, 0.25) is 5.02 Å². The lowest BCUT2D eigenvalue weighted by Gasteiger charge is -2.27. The van der Waals surface area contributed by atoms with E-state index in [4.69, 9.17) is 11.6 Å². The van der Waals surface area contributed by atoms with Crippen LogP contribution in [0.4, 0.5) is 0 Å². The molecule has 17 heavy (non-hydrogen) atoms. The molecule has 0 heterocycles. The molecule has 0 bridgehead atoms. The summed E-state index contributed by atoms with van der Waals surface area (Å²) in [7, 11) is 0. The molecule has 1 rings (SSSR count). The van der Waals surface area contributed by atoms with Gasteiger partial charge in [-0.2, -0.15) is 0 Å². The lowest BCUT2D eigenvalue weighted by Crippen LogP contribution is -2.48. The largest absolute Gasteiger partial charge is 0.394 e. The first kappa shape index (κ1) is 14.0. The first-order valence-electron chi connectivity index (χ1n) is 5.62. The number of halogens is 1. The van der Waals surface area contributed by atoms with E-state index in [-0.39, 0.29) is 12.5 Å². The fourth-order valence-electron chi connectivity index (χ4n) is 1.40. The van der Waals surface area contributed by atoms with Crippen molar-refractivity contribution in [1.82, 2.24) is 5.32 Å². The lowest BCUT2D eigenvalue weighted by atomic mass is 9.99. The number of nitrogens with one attached hydrogen (secondary N) is 1. The van der Waals surface area contributed by atoms with Crippen molar-refractivity contribution in [2.24, 2.45) is 0 Å². The highest BCUT2D eigenvalue weighted by Gasteiger charge is 2.24. The van der Waals surface area contributed by atoms with Gasteiger partial charge >= 0.3 is 0 Å². The Morgan fingerprint density at radius 1 is 1.53 bits per heavy atom. The van der Waals surface area contributed by atoms with Crippen LogP contribution in [0, 0.1) is 6.92 Å². The second-order valence-electron chi connectivity index (χ2n) is 4.46. The molecule has 1 aromatic rings. The monoisotopic (exact) mass is 255 g/mol. The van der Waals surface area contributed by atoms with E-state index in [1.54, 1.807) is 19.1 Å². The highest BCUT2D eigenvalue weighted by atomic mass is 35.5. The number of carbonyl (C=O) groups excluding carboxylic acids is 1. The molecule has 0 aliphatic heterocycles. The summed E-state index contributed by atoms with van der Waals surface area (Å²) in [6.45, 7) is 5.46. The van der Waals surface area contributed by atoms with Crippen molar-refractivity contribution < 1.29 is 9.90 Å². The molecule has 1 amide bonds. The summed E-state index contributed by atoms with van der Waals surface area (Å²) < 4.78 is 0. The molecule has 0 radical (unpaired) electrons. The van der Waals surface area contributed by atoms with Crippen LogP contribution in [0.15, 0.2) is 18.2 Å². The van der Waals surface area contributed by atoms with Crippen molar-refractivity contribution in [3.63, 3.8) is 0 Å². The average molecular weight is 256 g/mol. The predicted molar refractivity (Wildman–Crippen MR) is 69.4 cm³/mol. The maximum absolute atomic E-state index is 12.0. The Hall–Kier alpha value is -1.06. The molecule has 0 fully saturated rings. The molecule has 1 unspecified atom stereocenters. The Bertz CT molecular complexity index is 414. The first-order chi connectivity index (χ1) is 7.93. The van der Waals surface area contributed by atoms with Gasteiger partial charge in [0.1, 0.15) is 0 Å². The Morgan fingerprint density at radius 2 is 2.18 bits per heavy atom. The van der Waals surface area contributed by atoms with Crippen LogP contribution < -0.4 is 5.32 Å². The van der Waals surface area contributed by atoms with Crippen molar-refractivity contribution in [3.05, 3.63) is 34.3 Å². The topological polar surface area (TPSA) is 49.3 Å². The highest BCUT2D eigenvalue weighted by molar-refractivity contribution is 6.34. The van der Waals surface area contributed by atoms with Crippen LogP contribution in [-0.4, -0.2) is 23.2 Å². The Kier molecular flexibility index (Phi) is 4.54. The van der Waals surface area contributed by atoms with E-state index in [0.717, 1.165) is 5.56 Å². The van der Waals surface area contributed by atoms with Gasteiger partial charge in [0.05, 0.1) is 22.7 Å². The summed E-state index contributed by atoms with van der Waals surface area (Å²) in [5.41, 5.74) is 0.700. The van der Waals surface area contributed by atoms with Crippen LogP contribution in [0.5, 0.6) is 0 Å². The summed E-state index contributed by atoms with van der Waals surface area (Å²) in [6.07, 6.45) is 0.651. The fourth-order valence-corrected chi connectivity index (χ4v) is 1.62. The van der Waals surface area contributed by atoms with Gasteiger partial charge in [0, 0.05) is 0 Å². The van der Waals surface area contributed by atoms with Crippen LogP contribution in [0.1, 0.15) is 36.2 Å². The van der Waals surface area contributed by atoms with E-state index in [2.05, 4.69) is 5.32 Å². The van der Waals surface area contributed by atoms with Crippen LogP contribution >= 0.6 is 11.6 Å². The summed E-state index contributed by atoms with van der Waals surface area (Å²) in [4.78, 5) is 12.0. The molecule has 1 aromatic carbocycles. The van der Waals surface area contributed by atoms with Gasteiger partial charge in [-0.05, 0) is 31.9 Å². The number of aliphatic hydroxyl groups is 1. The standard InChI is InChI=1S/C13H18ClNO2/c1-4-13(3,8-16)15-12(17)10-7-5-6-9(2)11(10)14/h5-7,16H,4,8H2,1-3H3,(H,15,17). The van der Waals surface area contributed by atoms with E-state index in [1.807, 2.05) is 19.9 Å². The number of benzene rings is 1. The van der Waals surface area contributed by atoms with Gasteiger partial charge in [-0.3, -0.25) is 4.79 Å². The SMILES string of the molecule is CCC(C)(CO)NC(=O)c1cccc(C)c1Cl. The van der Waals surface area contributed by atoms with E-state index in [9.17, 15) is 9.90 Å². The van der Waals surface area contributed by atoms with E-state index in [0.29, 0.717) is 17.0 Å². The van der Waals surface area contributed by atoms with Gasteiger partial charge in [-0.25, -0.2) is 0 Å². The second kappa shape index (κ2) is 5.52. The molecule has 1 atom stereocenters. The van der Waals surface area contributed by atoms with Crippen molar-refractivity contribution in [1.29, 1.82) is 0 Å². The molecule has 94 valence electrons. The molecular formula is C13H18ClNO2. The molecule has 2 N–H and O–H groups in total.